The molecule has 0 aromatic carbocycles. The van der Waals surface area contributed by atoms with Gasteiger partial charge in [-0.25, -0.2) is 0 Å². The number of carbonyl (C=O) groups is 1. The molecule has 1 aliphatic heterocycles. The lowest BCUT2D eigenvalue weighted by Crippen LogP contribution is -2.41. The van der Waals surface area contributed by atoms with E-state index >= 15 is 0 Å². The molecule has 0 saturated carbocycles. The monoisotopic (exact) mass is 292 g/mol. The Bertz CT molecular complexity index is 515. The largest absolute Gasteiger partial charge is 0.384 e. The standard InChI is InChI=1S/C15H20N2O2S/c1-16-15(19)13-5-2-6-17(9-13)10-14-8-12(11-20-14)4-3-7-18/h8,11,13,18H,2,5-7,9-10H2,1H3,(H,16,19). The average molecular weight is 292 g/mol. The molecule has 0 radical (unpaired) electrons. The molecule has 0 spiro atoms. The predicted octanol–water partition coefficient (Wildman–Crippen LogP) is 1.05. The van der Waals surface area contributed by atoms with E-state index in [1.165, 1.54) is 4.88 Å². The Kier molecular flexibility index (Phi) is 5.60. The Morgan fingerprint density at radius 2 is 2.50 bits per heavy atom. The molecule has 5 heteroatoms. The van der Waals surface area contributed by atoms with Gasteiger partial charge in [-0.15, -0.1) is 11.3 Å². The molecule has 1 saturated heterocycles. The third-order valence-corrected chi connectivity index (χ3v) is 4.39. The topological polar surface area (TPSA) is 52.6 Å². The first-order valence-electron chi connectivity index (χ1n) is 6.84. The summed E-state index contributed by atoms with van der Waals surface area (Å²) < 4.78 is 0. The lowest BCUT2D eigenvalue weighted by Gasteiger charge is -2.31. The molecular formula is C15H20N2O2S. The Balaban J connectivity index is 1.92. The second-order valence-corrected chi connectivity index (χ2v) is 5.95. The fourth-order valence-electron chi connectivity index (χ4n) is 2.51. The SMILES string of the molecule is CNC(=O)C1CCCN(Cc2cc(C#CCO)cs2)C1. The second-order valence-electron chi connectivity index (χ2n) is 4.95. The summed E-state index contributed by atoms with van der Waals surface area (Å²) in [5, 5.41) is 13.4. The Morgan fingerprint density at radius 1 is 1.65 bits per heavy atom. The van der Waals surface area contributed by atoms with Crippen LogP contribution in [0.25, 0.3) is 0 Å². The number of hydrogen-bond donors (Lipinski definition) is 2. The molecule has 20 heavy (non-hydrogen) atoms. The Hall–Kier alpha value is -1.35. The molecule has 2 rings (SSSR count). The minimum atomic E-state index is -0.106. The van der Waals surface area contributed by atoms with E-state index in [1.54, 1.807) is 18.4 Å². The fourth-order valence-corrected chi connectivity index (χ4v) is 3.37. The van der Waals surface area contributed by atoms with E-state index in [0.717, 1.165) is 38.0 Å². The Labute approximate surface area is 123 Å². The van der Waals surface area contributed by atoms with Crippen LogP contribution in [0.15, 0.2) is 11.4 Å². The minimum absolute atomic E-state index is 0.106. The van der Waals surface area contributed by atoms with Gasteiger partial charge in [-0.1, -0.05) is 11.8 Å². The summed E-state index contributed by atoms with van der Waals surface area (Å²) >= 11 is 1.68. The third-order valence-electron chi connectivity index (χ3n) is 3.47. The van der Waals surface area contributed by atoms with Gasteiger partial charge in [0.05, 0.1) is 5.92 Å². The quantitative estimate of drug-likeness (QED) is 0.819. The van der Waals surface area contributed by atoms with Gasteiger partial charge in [0.15, 0.2) is 0 Å². The molecule has 2 N–H and O–H groups in total. The summed E-state index contributed by atoms with van der Waals surface area (Å²) in [6.45, 7) is 2.64. The van der Waals surface area contributed by atoms with Crippen LogP contribution in [0.2, 0.25) is 0 Å². The van der Waals surface area contributed by atoms with Crippen molar-refractivity contribution in [2.45, 2.75) is 19.4 Å². The molecule has 2 heterocycles. The first kappa shape index (κ1) is 15.0. The first-order valence-corrected chi connectivity index (χ1v) is 7.72. The highest BCUT2D eigenvalue weighted by Gasteiger charge is 2.25. The predicted molar refractivity (Wildman–Crippen MR) is 80.4 cm³/mol. The van der Waals surface area contributed by atoms with Crippen LogP contribution < -0.4 is 5.32 Å². The normalized spacial score (nSPS) is 19.2. The van der Waals surface area contributed by atoms with E-state index in [1.807, 2.05) is 5.38 Å². The van der Waals surface area contributed by atoms with Gasteiger partial charge in [0.2, 0.25) is 5.91 Å². The zero-order valence-electron chi connectivity index (χ0n) is 11.7. The van der Waals surface area contributed by atoms with Crippen molar-refractivity contribution in [2.24, 2.45) is 5.92 Å². The van der Waals surface area contributed by atoms with Gasteiger partial charge >= 0.3 is 0 Å². The molecule has 108 valence electrons. The van der Waals surface area contributed by atoms with Gasteiger partial charge in [0.1, 0.15) is 6.61 Å². The molecule has 1 fully saturated rings. The minimum Gasteiger partial charge on any atom is -0.384 e. The second kappa shape index (κ2) is 7.44. The summed E-state index contributed by atoms with van der Waals surface area (Å²) in [5.74, 6) is 5.83. The van der Waals surface area contributed by atoms with E-state index in [0.29, 0.717) is 0 Å². The van der Waals surface area contributed by atoms with Crippen LogP contribution >= 0.6 is 11.3 Å². The van der Waals surface area contributed by atoms with Gasteiger partial charge in [-0.2, -0.15) is 0 Å². The number of thiophene rings is 1. The summed E-state index contributed by atoms with van der Waals surface area (Å²) in [6, 6.07) is 2.07. The van der Waals surface area contributed by atoms with E-state index < -0.39 is 0 Å². The highest BCUT2D eigenvalue weighted by molar-refractivity contribution is 7.10. The molecule has 1 aromatic rings. The molecule has 1 amide bonds. The van der Waals surface area contributed by atoms with Crippen molar-refractivity contribution in [3.8, 4) is 11.8 Å². The van der Waals surface area contributed by atoms with Crippen molar-refractivity contribution in [3.05, 3.63) is 21.9 Å². The van der Waals surface area contributed by atoms with Crippen molar-refractivity contribution in [2.75, 3.05) is 26.7 Å². The molecule has 1 aromatic heterocycles. The number of nitrogens with zero attached hydrogens (tertiary/aromatic N) is 1. The van der Waals surface area contributed by atoms with Gasteiger partial charge in [0, 0.05) is 36.0 Å². The number of nitrogens with one attached hydrogen (secondary N) is 1. The van der Waals surface area contributed by atoms with Crippen LogP contribution in [0.3, 0.4) is 0 Å². The van der Waals surface area contributed by atoms with Crippen molar-refractivity contribution in [1.29, 1.82) is 0 Å². The van der Waals surface area contributed by atoms with Crippen molar-refractivity contribution in [3.63, 3.8) is 0 Å². The number of hydrogen-bond acceptors (Lipinski definition) is 4. The highest BCUT2D eigenvalue weighted by Crippen LogP contribution is 2.21. The van der Waals surface area contributed by atoms with E-state index in [9.17, 15) is 4.79 Å². The molecule has 0 aliphatic carbocycles. The van der Waals surface area contributed by atoms with Crippen LogP contribution in [0, 0.1) is 17.8 Å². The maximum Gasteiger partial charge on any atom is 0.224 e. The van der Waals surface area contributed by atoms with E-state index in [2.05, 4.69) is 28.1 Å². The van der Waals surface area contributed by atoms with Crippen LogP contribution in [-0.4, -0.2) is 42.7 Å². The first-order chi connectivity index (χ1) is 9.72. The number of piperidine rings is 1. The lowest BCUT2D eigenvalue weighted by molar-refractivity contribution is -0.126. The van der Waals surface area contributed by atoms with Gasteiger partial charge in [-0.3, -0.25) is 9.69 Å². The van der Waals surface area contributed by atoms with Crippen molar-refractivity contribution < 1.29 is 9.90 Å². The third kappa shape index (κ3) is 4.07. The van der Waals surface area contributed by atoms with E-state index in [-0.39, 0.29) is 18.4 Å². The average Bonchev–Trinajstić information content (AvgIpc) is 2.92. The van der Waals surface area contributed by atoms with Crippen LogP contribution in [0.5, 0.6) is 0 Å². The number of likely N-dealkylation sites (tertiary alicyclic amines) is 1. The molecule has 1 atom stereocenters. The zero-order valence-corrected chi connectivity index (χ0v) is 12.5. The lowest BCUT2D eigenvalue weighted by atomic mass is 9.97. The van der Waals surface area contributed by atoms with Crippen molar-refractivity contribution in [1.82, 2.24) is 10.2 Å². The van der Waals surface area contributed by atoms with Crippen molar-refractivity contribution >= 4 is 17.2 Å². The number of rotatable bonds is 3. The number of amides is 1. The molecule has 4 nitrogen and oxygen atoms in total. The van der Waals surface area contributed by atoms with Crippen LogP contribution in [0.4, 0.5) is 0 Å². The zero-order chi connectivity index (χ0) is 14.4. The van der Waals surface area contributed by atoms with Gasteiger partial charge < -0.3 is 10.4 Å². The van der Waals surface area contributed by atoms with Gasteiger partial charge in [0.25, 0.3) is 0 Å². The summed E-state index contributed by atoms with van der Waals surface area (Å²) in [7, 11) is 1.70. The fraction of sp³-hybridized carbons (Fsp3) is 0.533. The summed E-state index contributed by atoms with van der Waals surface area (Å²) in [4.78, 5) is 15.3. The summed E-state index contributed by atoms with van der Waals surface area (Å²) in [5.41, 5.74) is 0.957. The summed E-state index contributed by atoms with van der Waals surface area (Å²) in [6.07, 6.45) is 2.05. The van der Waals surface area contributed by atoms with E-state index in [4.69, 9.17) is 5.11 Å². The van der Waals surface area contributed by atoms with Gasteiger partial charge in [-0.05, 0) is 25.5 Å². The molecule has 1 unspecified atom stereocenters. The highest BCUT2D eigenvalue weighted by atomic mass is 32.1. The smallest absolute Gasteiger partial charge is 0.224 e. The maximum absolute atomic E-state index is 11.7. The maximum atomic E-state index is 11.7. The molecule has 0 bridgehead atoms. The molecule has 1 aliphatic rings. The van der Waals surface area contributed by atoms with Crippen LogP contribution in [0.1, 0.15) is 23.3 Å². The number of aliphatic hydroxyl groups is 1. The molecular weight excluding hydrogens is 272 g/mol. The Morgan fingerprint density at radius 3 is 3.25 bits per heavy atom. The number of aliphatic hydroxyl groups excluding tert-OH is 1. The van der Waals surface area contributed by atoms with Crippen LogP contribution in [-0.2, 0) is 11.3 Å². The number of carbonyl (C=O) groups excluding carboxylic acids is 1.